The van der Waals surface area contributed by atoms with E-state index in [1.165, 1.54) is 16.0 Å². The van der Waals surface area contributed by atoms with E-state index >= 15 is 0 Å². The van der Waals surface area contributed by atoms with Gasteiger partial charge in [-0.3, -0.25) is 4.68 Å². The molecule has 2 heterocycles. The van der Waals surface area contributed by atoms with E-state index in [1.807, 2.05) is 11.8 Å². The molecule has 1 aromatic carbocycles. The molecule has 4 heteroatoms. The van der Waals surface area contributed by atoms with Crippen LogP contribution in [0.1, 0.15) is 30.7 Å². The van der Waals surface area contributed by atoms with Gasteiger partial charge in [0, 0.05) is 34.5 Å². The lowest BCUT2D eigenvalue weighted by Crippen LogP contribution is -2.21. The third kappa shape index (κ3) is 3.50. The molecule has 1 atom stereocenters. The zero-order valence-corrected chi connectivity index (χ0v) is 13.8. The first-order chi connectivity index (χ1) is 10.1. The molecule has 0 bridgehead atoms. The van der Waals surface area contributed by atoms with Crippen molar-refractivity contribution in [1.82, 2.24) is 15.1 Å². The fourth-order valence-corrected chi connectivity index (χ4v) is 4.01. The van der Waals surface area contributed by atoms with Crippen molar-refractivity contribution in [2.75, 3.05) is 0 Å². The summed E-state index contributed by atoms with van der Waals surface area (Å²) in [4.78, 5) is 1.44. The minimum Gasteiger partial charge on any atom is -0.310 e. The molecular weight excluding hydrogens is 278 g/mol. The number of fused-ring (bicyclic) bond motifs is 1. The Bertz CT molecular complexity index is 593. The molecule has 3 rings (SSSR count). The van der Waals surface area contributed by atoms with E-state index in [0.717, 1.165) is 25.2 Å². The van der Waals surface area contributed by atoms with Crippen molar-refractivity contribution in [1.29, 1.82) is 0 Å². The zero-order chi connectivity index (χ0) is 14.8. The molecule has 1 aromatic heterocycles. The van der Waals surface area contributed by atoms with Crippen LogP contribution in [0.25, 0.3) is 0 Å². The summed E-state index contributed by atoms with van der Waals surface area (Å²) >= 11 is 1.99. The molecule has 0 saturated heterocycles. The van der Waals surface area contributed by atoms with E-state index in [9.17, 15) is 0 Å². The lowest BCUT2D eigenvalue weighted by atomic mass is 10.1. The molecule has 0 spiro atoms. The van der Waals surface area contributed by atoms with Crippen LogP contribution in [0.4, 0.5) is 0 Å². The summed E-state index contributed by atoms with van der Waals surface area (Å²) in [6.07, 6.45) is 3.35. The number of hydrogen-bond donors (Lipinski definition) is 1. The second-order valence-corrected chi connectivity index (χ2v) is 7.39. The van der Waals surface area contributed by atoms with Gasteiger partial charge in [0.15, 0.2) is 0 Å². The number of aromatic nitrogens is 2. The largest absolute Gasteiger partial charge is 0.310 e. The molecule has 2 aromatic rings. The first-order valence-electron chi connectivity index (χ1n) is 7.62. The maximum Gasteiger partial charge on any atom is 0.0638 e. The summed E-state index contributed by atoms with van der Waals surface area (Å²) in [6, 6.07) is 9.24. The Labute approximate surface area is 131 Å². The van der Waals surface area contributed by atoms with Crippen molar-refractivity contribution in [3.05, 3.63) is 47.3 Å². The van der Waals surface area contributed by atoms with Crippen LogP contribution in [0.3, 0.4) is 0 Å². The van der Waals surface area contributed by atoms with Crippen LogP contribution in [-0.4, -0.2) is 21.1 Å². The van der Waals surface area contributed by atoms with Crippen LogP contribution in [0.5, 0.6) is 0 Å². The molecular formula is C17H23N3S. The Hall–Kier alpha value is -1.26. The van der Waals surface area contributed by atoms with Gasteiger partial charge in [0.05, 0.1) is 12.2 Å². The van der Waals surface area contributed by atoms with Crippen LogP contribution in [-0.2, 0) is 19.5 Å². The maximum absolute atomic E-state index is 4.68. The SMILES string of the molecule is Cc1nn(CC2Cc3ccccc3S2)cc1CNC(C)C. The normalized spacial score (nSPS) is 17.4. The Morgan fingerprint density at radius 2 is 2.19 bits per heavy atom. The lowest BCUT2D eigenvalue weighted by molar-refractivity contribution is 0.582. The van der Waals surface area contributed by atoms with Gasteiger partial charge in [0.2, 0.25) is 0 Å². The number of benzene rings is 1. The summed E-state index contributed by atoms with van der Waals surface area (Å²) in [7, 11) is 0. The highest BCUT2D eigenvalue weighted by Crippen LogP contribution is 2.37. The Kier molecular flexibility index (Phi) is 4.36. The van der Waals surface area contributed by atoms with Gasteiger partial charge in [0.1, 0.15) is 0 Å². The maximum atomic E-state index is 4.68. The third-order valence-electron chi connectivity index (χ3n) is 3.85. The molecule has 0 radical (unpaired) electrons. The van der Waals surface area contributed by atoms with Crippen molar-refractivity contribution in [2.45, 2.75) is 56.5 Å². The van der Waals surface area contributed by atoms with E-state index in [0.29, 0.717) is 11.3 Å². The third-order valence-corrected chi connectivity index (χ3v) is 5.15. The van der Waals surface area contributed by atoms with E-state index < -0.39 is 0 Å². The van der Waals surface area contributed by atoms with Gasteiger partial charge in [-0.05, 0) is 25.0 Å². The van der Waals surface area contributed by atoms with Crippen LogP contribution < -0.4 is 5.32 Å². The molecule has 112 valence electrons. The van der Waals surface area contributed by atoms with Crippen molar-refractivity contribution in [3.8, 4) is 0 Å². The van der Waals surface area contributed by atoms with Crippen LogP contribution >= 0.6 is 11.8 Å². The molecule has 1 N–H and O–H groups in total. The molecule has 0 amide bonds. The van der Waals surface area contributed by atoms with Crippen LogP contribution in [0.2, 0.25) is 0 Å². The Morgan fingerprint density at radius 3 is 2.95 bits per heavy atom. The number of hydrogen-bond acceptors (Lipinski definition) is 3. The van der Waals surface area contributed by atoms with Gasteiger partial charge in [0.25, 0.3) is 0 Å². The van der Waals surface area contributed by atoms with Crippen LogP contribution in [0.15, 0.2) is 35.4 Å². The Balaban J connectivity index is 1.63. The van der Waals surface area contributed by atoms with E-state index in [1.54, 1.807) is 0 Å². The average Bonchev–Trinajstić information content (AvgIpc) is 2.99. The van der Waals surface area contributed by atoms with Gasteiger partial charge in [-0.2, -0.15) is 5.10 Å². The molecule has 1 unspecified atom stereocenters. The predicted octanol–water partition coefficient (Wildman–Crippen LogP) is 3.41. The van der Waals surface area contributed by atoms with E-state index in [4.69, 9.17) is 0 Å². The van der Waals surface area contributed by atoms with Crippen molar-refractivity contribution < 1.29 is 0 Å². The first kappa shape index (κ1) is 14.7. The molecule has 1 aliphatic rings. The van der Waals surface area contributed by atoms with E-state index in [2.05, 4.69) is 66.3 Å². The lowest BCUT2D eigenvalue weighted by Gasteiger charge is -2.08. The van der Waals surface area contributed by atoms with Crippen molar-refractivity contribution >= 4 is 11.8 Å². The zero-order valence-electron chi connectivity index (χ0n) is 13.0. The summed E-state index contributed by atoms with van der Waals surface area (Å²) in [5.41, 5.74) is 3.94. The van der Waals surface area contributed by atoms with Gasteiger partial charge in [-0.15, -0.1) is 11.8 Å². The molecule has 1 aliphatic heterocycles. The summed E-state index contributed by atoms with van der Waals surface area (Å²) in [5, 5.41) is 8.75. The minimum atomic E-state index is 0.507. The van der Waals surface area contributed by atoms with Crippen molar-refractivity contribution in [3.63, 3.8) is 0 Å². The van der Waals surface area contributed by atoms with Crippen molar-refractivity contribution in [2.24, 2.45) is 0 Å². The number of rotatable bonds is 5. The summed E-state index contributed by atoms with van der Waals surface area (Å²) in [6.45, 7) is 8.34. The topological polar surface area (TPSA) is 29.9 Å². The molecule has 0 aliphatic carbocycles. The highest BCUT2D eigenvalue weighted by Gasteiger charge is 2.22. The molecule has 0 fully saturated rings. The minimum absolute atomic E-state index is 0.507. The first-order valence-corrected chi connectivity index (χ1v) is 8.50. The highest BCUT2D eigenvalue weighted by molar-refractivity contribution is 8.00. The smallest absolute Gasteiger partial charge is 0.0638 e. The van der Waals surface area contributed by atoms with Gasteiger partial charge in [-0.1, -0.05) is 32.0 Å². The van der Waals surface area contributed by atoms with Gasteiger partial charge >= 0.3 is 0 Å². The number of nitrogens with zero attached hydrogens (tertiary/aromatic N) is 2. The standard InChI is InChI=1S/C17H23N3S/c1-12(2)18-9-15-10-20(19-13(15)3)11-16-8-14-6-4-5-7-17(14)21-16/h4-7,10,12,16,18H,8-9,11H2,1-3H3. The molecule has 21 heavy (non-hydrogen) atoms. The van der Waals surface area contributed by atoms with Gasteiger partial charge in [-0.25, -0.2) is 0 Å². The summed E-state index contributed by atoms with van der Waals surface area (Å²) in [5.74, 6) is 0. The average molecular weight is 301 g/mol. The fourth-order valence-electron chi connectivity index (χ4n) is 2.70. The summed E-state index contributed by atoms with van der Waals surface area (Å²) < 4.78 is 2.12. The quantitative estimate of drug-likeness (QED) is 0.918. The van der Waals surface area contributed by atoms with Crippen LogP contribution in [0, 0.1) is 6.92 Å². The monoisotopic (exact) mass is 301 g/mol. The number of aryl methyl sites for hydroxylation is 1. The number of thioether (sulfide) groups is 1. The fraction of sp³-hybridized carbons (Fsp3) is 0.471. The highest BCUT2D eigenvalue weighted by atomic mass is 32.2. The second-order valence-electron chi connectivity index (χ2n) is 6.05. The van der Waals surface area contributed by atoms with Gasteiger partial charge < -0.3 is 5.32 Å². The second kappa shape index (κ2) is 6.24. The van der Waals surface area contributed by atoms with E-state index in [-0.39, 0.29) is 0 Å². The predicted molar refractivity (Wildman–Crippen MR) is 88.7 cm³/mol. The molecule has 0 saturated carbocycles. The Morgan fingerprint density at radius 1 is 1.38 bits per heavy atom. The molecule has 3 nitrogen and oxygen atoms in total. The number of nitrogens with one attached hydrogen (secondary N) is 1.